The highest BCUT2D eigenvalue weighted by Crippen LogP contribution is 2.41. The van der Waals surface area contributed by atoms with Gasteiger partial charge < -0.3 is 5.32 Å². The Morgan fingerprint density at radius 1 is 0.400 bits per heavy atom. The van der Waals surface area contributed by atoms with E-state index in [1.165, 1.54) is 61.0 Å². The molecule has 0 saturated heterocycles. The molecule has 0 aliphatic carbocycles. The number of hydrogen-bond acceptors (Lipinski definition) is 2. The molecule has 0 atom stereocenters. The zero-order chi connectivity index (χ0) is 33.3. The molecule has 0 saturated carbocycles. The lowest BCUT2D eigenvalue weighted by Gasteiger charge is -2.16. The SMILES string of the molecule is C1=CC(c2ccc(-c3cc(-c4ccc(-c5ccccc5)cc4)nc4c3cc(-c3ccc(-c5ccccc5)cc3)c3ccccc34)cc2)=CCN1. The molecule has 0 unspecified atom stereocenters. The van der Waals surface area contributed by atoms with Crippen LogP contribution in [0.2, 0.25) is 0 Å². The van der Waals surface area contributed by atoms with Crippen molar-refractivity contribution in [1.29, 1.82) is 0 Å². The lowest BCUT2D eigenvalue weighted by atomic mass is 9.90. The number of benzene rings is 7. The topological polar surface area (TPSA) is 24.9 Å². The summed E-state index contributed by atoms with van der Waals surface area (Å²) in [5.74, 6) is 0. The normalized spacial score (nSPS) is 12.5. The second kappa shape index (κ2) is 12.8. The van der Waals surface area contributed by atoms with Gasteiger partial charge in [0.1, 0.15) is 0 Å². The molecule has 1 aliphatic rings. The van der Waals surface area contributed by atoms with Crippen LogP contribution in [-0.2, 0) is 0 Å². The summed E-state index contributed by atoms with van der Waals surface area (Å²) >= 11 is 0. The molecule has 2 heterocycles. The molecule has 1 aromatic heterocycles. The molecule has 1 N–H and O–H groups in total. The highest BCUT2D eigenvalue weighted by atomic mass is 14.8. The van der Waals surface area contributed by atoms with E-state index in [4.69, 9.17) is 4.98 Å². The van der Waals surface area contributed by atoms with E-state index >= 15 is 0 Å². The molecule has 2 nitrogen and oxygen atoms in total. The molecule has 50 heavy (non-hydrogen) atoms. The Morgan fingerprint density at radius 2 is 0.880 bits per heavy atom. The number of nitrogens with zero attached hydrogens (tertiary/aromatic N) is 1. The number of rotatable bonds is 6. The van der Waals surface area contributed by atoms with Gasteiger partial charge in [0.15, 0.2) is 0 Å². The molecule has 0 spiro atoms. The summed E-state index contributed by atoms with van der Waals surface area (Å²) < 4.78 is 0. The number of allylic oxidation sites excluding steroid dienone is 2. The van der Waals surface area contributed by atoms with Gasteiger partial charge in [-0.1, -0.05) is 164 Å². The standard InChI is InChI=1S/C48H34N2/c1-3-9-33(10-4-1)35-15-21-39(22-16-35)44-31-46-45(40-23-17-37(18-24-40)38-27-29-49-30-28-38)32-47(50-48(46)43-14-8-7-13-42(43)44)41-25-19-36(20-26-41)34-11-5-2-6-12-34/h1-29,31-32,49H,30H2. The molecule has 0 radical (unpaired) electrons. The van der Waals surface area contributed by atoms with E-state index < -0.39 is 0 Å². The molecular formula is C48H34N2. The summed E-state index contributed by atoms with van der Waals surface area (Å²) in [4.78, 5) is 5.42. The molecule has 8 aromatic rings. The molecular weight excluding hydrogens is 605 g/mol. The van der Waals surface area contributed by atoms with E-state index in [0.717, 1.165) is 34.1 Å². The fourth-order valence-electron chi connectivity index (χ4n) is 7.13. The minimum atomic E-state index is 0.844. The van der Waals surface area contributed by atoms with E-state index in [1.807, 2.05) is 6.20 Å². The number of hydrogen-bond donors (Lipinski definition) is 1. The van der Waals surface area contributed by atoms with E-state index in [0.29, 0.717) is 0 Å². The van der Waals surface area contributed by atoms with Crippen molar-refractivity contribution in [3.05, 3.63) is 194 Å². The Kier molecular flexibility index (Phi) is 7.60. The molecule has 7 aromatic carbocycles. The van der Waals surface area contributed by atoms with Crippen LogP contribution >= 0.6 is 0 Å². The lowest BCUT2D eigenvalue weighted by molar-refractivity contribution is 0.976. The first kappa shape index (κ1) is 29.6. The highest BCUT2D eigenvalue weighted by molar-refractivity contribution is 6.16. The Labute approximate surface area is 292 Å². The first-order valence-electron chi connectivity index (χ1n) is 17.2. The number of nitrogens with one attached hydrogen (secondary N) is 1. The van der Waals surface area contributed by atoms with Crippen LogP contribution in [-0.4, -0.2) is 11.5 Å². The van der Waals surface area contributed by atoms with E-state index in [-0.39, 0.29) is 0 Å². The summed E-state index contributed by atoms with van der Waals surface area (Å²) in [7, 11) is 0. The van der Waals surface area contributed by atoms with Crippen molar-refractivity contribution in [2.24, 2.45) is 0 Å². The smallest absolute Gasteiger partial charge is 0.0794 e. The van der Waals surface area contributed by atoms with Crippen molar-refractivity contribution in [3.63, 3.8) is 0 Å². The van der Waals surface area contributed by atoms with Crippen LogP contribution in [0.1, 0.15) is 5.56 Å². The predicted molar refractivity (Wildman–Crippen MR) is 212 cm³/mol. The molecule has 0 bridgehead atoms. The van der Waals surface area contributed by atoms with Crippen molar-refractivity contribution in [2.75, 3.05) is 6.54 Å². The predicted octanol–water partition coefficient (Wildman–Crippen LogP) is 12.2. The molecule has 236 valence electrons. The average Bonchev–Trinajstić information content (AvgIpc) is 3.21. The van der Waals surface area contributed by atoms with Crippen molar-refractivity contribution in [3.8, 4) is 55.8 Å². The maximum Gasteiger partial charge on any atom is 0.0794 e. The van der Waals surface area contributed by atoms with Gasteiger partial charge in [0.25, 0.3) is 0 Å². The van der Waals surface area contributed by atoms with Crippen LogP contribution < -0.4 is 5.32 Å². The molecule has 1 aliphatic heterocycles. The Bertz CT molecular complexity index is 2530. The van der Waals surface area contributed by atoms with Crippen LogP contribution in [0, 0.1) is 0 Å². The molecule has 2 heteroatoms. The van der Waals surface area contributed by atoms with Gasteiger partial charge in [0.05, 0.1) is 11.2 Å². The quantitative estimate of drug-likeness (QED) is 0.183. The largest absolute Gasteiger partial charge is 0.387 e. The monoisotopic (exact) mass is 638 g/mol. The third kappa shape index (κ3) is 5.57. The van der Waals surface area contributed by atoms with Gasteiger partial charge in [0, 0.05) is 22.9 Å². The number of pyridine rings is 1. The third-order valence-corrected chi connectivity index (χ3v) is 9.76. The minimum absolute atomic E-state index is 0.844. The summed E-state index contributed by atoms with van der Waals surface area (Å²) in [5.41, 5.74) is 15.1. The lowest BCUT2D eigenvalue weighted by Crippen LogP contribution is -2.08. The van der Waals surface area contributed by atoms with Gasteiger partial charge in [0.2, 0.25) is 0 Å². The van der Waals surface area contributed by atoms with Crippen LogP contribution in [0.3, 0.4) is 0 Å². The fourth-order valence-corrected chi connectivity index (χ4v) is 7.13. The van der Waals surface area contributed by atoms with E-state index in [9.17, 15) is 0 Å². The summed E-state index contributed by atoms with van der Waals surface area (Å²) in [5, 5.41) is 6.75. The fraction of sp³-hybridized carbons (Fsp3) is 0.0208. The van der Waals surface area contributed by atoms with Crippen LogP contribution in [0.25, 0.3) is 83.0 Å². The number of fused-ring (bicyclic) bond motifs is 3. The van der Waals surface area contributed by atoms with Crippen LogP contribution in [0.5, 0.6) is 0 Å². The maximum absolute atomic E-state index is 5.42. The van der Waals surface area contributed by atoms with Crippen molar-refractivity contribution < 1.29 is 0 Å². The van der Waals surface area contributed by atoms with Crippen molar-refractivity contribution in [1.82, 2.24) is 10.3 Å². The first-order valence-corrected chi connectivity index (χ1v) is 17.2. The molecule has 0 fully saturated rings. The van der Waals surface area contributed by atoms with Gasteiger partial charge in [-0.15, -0.1) is 0 Å². The summed E-state index contributed by atoms with van der Waals surface area (Å²) in [6, 6.07) is 61.2. The average molecular weight is 639 g/mol. The summed E-state index contributed by atoms with van der Waals surface area (Å²) in [6.07, 6.45) is 6.39. The number of aromatic nitrogens is 1. The Hall–Kier alpha value is -6.51. The molecule has 0 amide bonds. The van der Waals surface area contributed by atoms with Gasteiger partial charge in [-0.05, 0) is 85.4 Å². The van der Waals surface area contributed by atoms with Crippen molar-refractivity contribution in [2.45, 2.75) is 0 Å². The minimum Gasteiger partial charge on any atom is -0.387 e. The third-order valence-electron chi connectivity index (χ3n) is 9.76. The zero-order valence-corrected chi connectivity index (χ0v) is 27.6. The number of dihydropyridines is 1. The van der Waals surface area contributed by atoms with Gasteiger partial charge in [-0.2, -0.15) is 0 Å². The van der Waals surface area contributed by atoms with Gasteiger partial charge >= 0.3 is 0 Å². The van der Waals surface area contributed by atoms with Crippen LogP contribution in [0.4, 0.5) is 0 Å². The van der Waals surface area contributed by atoms with E-state index in [1.54, 1.807) is 0 Å². The Morgan fingerprint density at radius 3 is 1.46 bits per heavy atom. The van der Waals surface area contributed by atoms with Crippen LogP contribution in [0.15, 0.2) is 188 Å². The Balaban J connectivity index is 1.23. The van der Waals surface area contributed by atoms with E-state index in [2.05, 4.69) is 187 Å². The second-order valence-electron chi connectivity index (χ2n) is 12.8. The second-order valence-corrected chi connectivity index (χ2v) is 12.8. The van der Waals surface area contributed by atoms with Crippen molar-refractivity contribution >= 4 is 27.2 Å². The summed E-state index contributed by atoms with van der Waals surface area (Å²) in [6.45, 7) is 0.844. The first-order chi connectivity index (χ1) is 24.8. The van der Waals surface area contributed by atoms with Gasteiger partial charge in [-0.25, -0.2) is 4.98 Å². The zero-order valence-electron chi connectivity index (χ0n) is 27.6. The maximum atomic E-state index is 5.42. The molecule has 9 rings (SSSR count). The van der Waals surface area contributed by atoms with Gasteiger partial charge in [-0.3, -0.25) is 0 Å². The highest BCUT2D eigenvalue weighted by Gasteiger charge is 2.16.